The van der Waals surface area contributed by atoms with Crippen molar-refractivity contribution in [3.63, 3.8) is 0 Å². The van der Waals surface area contributed by atoms with Crippen molar-refractivity contribution < 1.29 is 9.59 Å². The lowest BCUT2D eigenvalue weighted by Crippen LogP contribution is -2.53. The van der Waals surface area contributed by atoms with E-state index < -0.39 is 0 Å². The Kier molecular flexibility index (Phi) is 14.6. The molecule has 0 bridgehead atoms. The zero-order chi connectivity index (χ0) is 28.2. The molecule has 2 amide bonds. The Hall–Kier alpha value is -1.18. The van der Waals surface area contributed by atoms with Crippen LogP contribution >= 0.6 is 0 Å². The third kappa shape index (κ3) is 10.1. The molecule has 7 heteroatoms. The van der Waals surface area contributed by atoms with Crippen molar-refractivity contribution in [2.75, 3.05) is 72.5 Å². The molecule has 4 aliphatic rings. The molecular formula is C31H61N5O2. The SMILES string of the molecule is CC.CC(C)C(=O)N1CCC(N2CCN(C)CC2)CC1.CC1CCN(C2CCN(C(=O)C(C)C)CC2)CC1. The van der Waals surface area contributed by atoms with Gasteiger partial charge in [-0.3, -0.25) is 14.5 Å². The molecular weight excluding hydrogens is 474 g/mol. The van der Waals surface area contributed by atoms with Crippen molar-refractivity contribution in [2.45, 2.75) is 99.1 Å². The number of likely N-dealkylation sites (tertiary alicyclic amines) is 3. The maximum Gasteiger partial charge on any atom is 0.225 e. The molecule has 0 atom stereocenters. The summed E-state index contributed by atoms with van der Waals surface area (Å²) < 4.78 is 0. The molecule has 4 saturated heterocycles. The Labute approximate surface area is 235 Å². The van der Waals surface area contributed by atoms with Gasteiger partial charge in [-0.1, -0.05) is 48.5 Å². The normalized spacial score (nSPS) is 23.6. The van der Waals surface area contributed by atoms with E-state index in [9.17, 15) is 9.59 Å². The van der Waals surface area contributed by atoms with E-state index in [2.05, 4.69) is 38.5 Å². The molecule has 0 radical (unpaired) electrons. The van der Waals surface area contributed by atoms with Crippen molar-refractivity contribution >= 4 is 11.8 Å². The zero-order valence-electron chi connectivity index (χ0n) is 26.3. The molecule has 7 nitrogen and oxygen atoms in total. The van der Waals surface area contributed by atoms with Gasteiger partial charge in [0, 0.05) is 76.3 Å². The summed E-state index contributed by atoms with van der Waals surface area (Å²) >= 11 is 0. The highest BCUT2D eigenvalue weighted by Gasteiger charge is 2.30. The molecule has 4 heterocycles. The Balaban J connectivity index is 0.000000251. The Morgan fingerprint density at radius 2 is 0.895 bits per heavy atom. The first-order chi connectivity index (χ1) is 18.2. The molecule has 4 rings (SSSR count). The lowest BCUT2D eigenvalue weighted by Gasteiger charge is -2.42. The number of likely N-dealkylation sites (N-methyl/N-ethyl adjacent to an activating group) is 1. The van der Waals surface area contributed by atoms with Gasteiger partial charge in [0.05, 0.1) is 0 Å². The van der Waals surface area contributed by atoms with Crippen LogP contribution in [0.3, 0.4) is 0 Å². The molecule has 4 aliphatic heterocycles. The van der Waals surface area contributed by atoms with E-state index in [-0.39, 0.29) is 11.8 Å². The quantitative estimate of drug-likeness (QED) is 0.538. The average molecular weight is 536 g/mol. The number of nitrogens with zero attached hydrogens (tertiary/aromatic N) is 5. The first-order valence-corrected chi connectivity index (χ1v) is 15.9. The minimum atomic E-state index is 0.144. The van der Waals surface area contributed by atoms with Gasteiger partial charge in [0.25, 0.3) is 0 Å². The van der Waals surface area contributed by atoms with Gasteiger partial charge in [-0.05, 0) is 64.6 Å². The second-order valence-electron chi connectivity index (χ2n) is 12.5. The zero-order valence-corrected chi connectivity index (χ0v) is 26.3. The van der Waals surface area contributed by atoms with Gasteiger partial charge in [-0.15, -0.1) is 0 Å². The third-order valence-electron chi connectivity index (χ3n) is 8.93. The molecule has 0 aromatic carbocycles. The minimum Gasteiger partial charge on any atom is -0.342 e. The number of piperazine rings is 1. The van der Waals surface area contributed by atoms with Crippen LogP contribution in [0.2, 0.25) is 0 Å². The standard InChI is InChI=1S/C15H28N2O.C14H27N3O.C2H6/c1-12(2)15(18)17-10-6-14(7-11-17)16-8-4-13(3)5-9-16;1-12(2)14(18)17-6-4-13(5-7-17)16-10-8-15(3)9-11-16;1-2/h12-14H,4-11H2,1-3H3;12-13H,4-11H2,1-3H3;1-2H3. The molecule has 0 N–H and O–H groups in total. The van der Waals surface area contributed by atoms with Crippen molar-refractivity contribution in [1.82, 2.24) is 24.5 Å². The fourth-order valence-corrected chi connectivity index (χ4v) is 6.21. The van der Waals surface area contributed by atoms with Crippen molar-refractivity contribution in [3.8, 4) is 0 Å². The summed E-state index contributed by atoms with van der Waals surface area (Å²) in [6.45, 7) is 25.5. The van der Waals surface area contributed by atoms with Crippen molar-refractivity contribution in [2.24, 2.45) is 17.8 Å². The predicted octanol–water partition coefficient (Wildman–Crippen LogP) is 4.27. The van der Waals surface area contributed by atoms with E-state index in [0.717, 1.165) is 51.0 Å². The smallest absolute Gasteiger partial charge is 0.225 e. The van der Waals surface area contributed by atoms with E-state index in [0.29, 0.717) is 17.9 Å². The lowest BCUT2D eigenvalue weighted by atomic mass is 9.94. The molecule has 4 fully saturated rings. The number of piperidine rings is 3. The Morgan fingerprint density at radius 1 is 0.553 bits per heavy atom. The van der Waals surface area contributed by atoms with Gasteiger partial charge >= 0.3 is 0 Å². The number of carbonyl (C=O) groups excluding carboxylic acids is 2. The maximum atomic E-state index is 11.9. The fourth-order valence-electron chi connectivity index (χ4n) is 6.21. The number of carbonyl (C=O) groups is 2. The summed E-state index contributed by atoms with van der Waals surface area (Å²) in [7, 11) is 2.20. The molecule has 0 spiro atoms. The van der Waals surface area contributed by atoms with Crippen LogP contribution in [0.1, 0.15) is 87.0 Å². The second kappa shape index (κ2) is 16.8. The van der Waals surface area contributed by atoms with Crippen molar-refractivity contribution in [3.05, 3.63) is 0 Å². The molecule has 222 valence electrons. The number of hydrogen-bond donors (Lipinski definition) is 0. The maximum absolute atomic E-state index is 11.9. The summed E-state index contributed by atoms with van der Waals surface area (Å²) in [6.07, 6.45) is 7.36. The van der Waals surface area contributed by atoms with E-state index in [1.807, 2.05) is 41.5 Å². The molecule has 38 heavy (non-hydrogen) atoms. The summed E-state index contributed by atoms with van der Waals surface area (Å²) in [5.41, 5.74) is 0. The molecule has 0 unspecified atom stereocenters. The largest absolute Gasteiger partial charge is 0.342 e. The van der Waals surface area contributed by atoms with Gasteiger partial charge in [0.2, 0.25) is 11.8 Å². The molecule has 0 saturated carbocycles. The first-order valence-electron chi connectivity index (χ1n) is 15.9. The molecule has 0 aromatic rings. The van der Waals surface area contributed by atoms with Crippen LogP contribution < -0.4 is 0 Å². The molecule has 0 aromatic heterocycles. The van der Waals surface area contributed by atoms with E-state index in [1.54, 1.807) is 0 Å². The van der Waals surface area contributed by atoms with E-state index in [1.165, 1.54) is 65.0 Å². The summed E-state index contributed by atoms with van der Waals surface area (Å²) in [5, 5.41) is 0. The monoisotopic (exact) mass is 535 g/mol. The van der Waals surface area contributed by atoms with Gasteiger partial charge in [-0.25, -0.2) is 0 Å². The van der Waals surface area contributed by atoms with Crippen molar-refractivity contribution in [1.29, 1.82) is 0 Å². The van der Waals surface area contributed by atoms with Gasteiger partial charge in [-0.2, -0.15) is 0 Å². The van der Waals surface area contributed by atoms with Crippen LogP contribution in [0, 0.1) is 17.8 Å². The highest BCUT2D eigenvalue weighted by Crippen LogP contribution is 2.24. The van der Waals surface area contributed by atoms with Crippen LogP contribution in [0.5, 0.6) is 0 Å². The molecule has 0 aliphatic carbocycles. The van der Waals surface area contributed by atoms with Crippen LogP contribution in [-0.2, 0) is 9.59 Å². The Bertz CT molecular complexity index is 610. The van der Waals surface area contributed by atoms with E-state index >= 15 is 0 Å². The lowest BCUT2D eigenvalue weighted by molar-refractivity contribution is -0.136. The predicted molar refractivity (Wildman–Crippen MR) is 159 cm³/mol. The number of amides is 2. The summed E-state index contributed by atoms with van der Waals surface area (Å²) in [4.78, 5) is 35.7. The number of rotatable bonds is 4. The van der Waals surface area contributed by atoms with Gasteiger partial charge in [0.1, 0.15) is 0 Å². The number of hydrogen-bond acceptors (Lipinski definition) is 5. The topological polar surface area (TPSA) is 50.3 Å². The van der Waals surface area contributed by atoms with Gasteiger partial charge < -0.3 is 19.6 Å². The Morgan fingerprint density at radius 3 is 1.24 bits per heavy atom. The van der Waals surface area contributed by atoms with Crippen LogP contribution in [0.25, 0.3) is 0 Å². The van der Waals surface area contributed by atoms with E-state index in [4.69, 9.17) is 0 Å². The minimum absolute atomic E-state index is 0.144. The highest BCUT2D eigenvalue weighted by molar-refractivity contribution is 5.78. The first kappa shape index (κ1) is 33.0. The van der Waals surface area contributed by atoms with Gasteiger partial charge in [0.15, 0.2) is 0 Å². The average Bonchev–Trinajstić information content (AvgIpc) is 2.94. The highest BCUT2D eigenvalue weighted by atomic mass is 16.2. The fraction of sp³-hybridized carbons (Fsp3) is 0.935. The van der Waals surface area contributed by atoms with Crippen LogP contribution in [-0.4, -0.2) is 121 Å². The summed E-state index contributed by atoms with van der Waals surface area (Å²) in [6, 6.07) is 1.43. The van der Waals surface area contributed by atoms with Crippen LogP contribution in [0.15, 0.2) is 0 Å². The second-order valence-corrected chi connectivity index (χ2v) is 12.5. The third-order valence-corrected chi connectivity index (χ3v) is 8.93. The van der Waals surface area contributed by atoms with Crippen LogP contribution in [0.4, 0.5) is 0 Å². The summed E-state index contributed by atoms with van der Waals surface area (Å²) in [5.74, 6) is 1.86.